The van der Waals surface area contributed by atoms with E-state index in [1.165, 1.54) is 6.07 Å². The molecule has 3 nitrogen and oxygen atoms in total. The number of benzene rings is 4. The van der Waals surface area contributed by atoms with E-state index in [1.807, 2.05) is 54.6 Å². The number of aromatic nitrogens is 1. The molecule has 0 unspecified atom stereocenters. The van der Waals surface area contributed by atoms with Crippen molar-refractivity contribution in [2.24, 2.45) is 0 Å². The average molecular weight is 536 g/mol. The van der Waals surface area contributed by atoms with E-state index in [-0.39, 0.29) is 12.1 Å². The van der Waals surface area contributed by atoms with Crippen molar-refractivity contribution >= 4 is 16.9 Å². The smallest absolute Gasteiger partial charge is 0.418 e. The summed E-state index contributed by atoms with van der Waals surface area (Å²) in [6.45, 7) is 2.03. The predicted molar refractivity (Wildman–Crippen MR) is 150 cm³/mol. The van der Waals surface area contributed by atoms with Crippen molar-refractivity contribution < 1.29 is 22.7 Å². The van der Waals surface area contributed by atoms with Gasteiger partial charge in [-0.25, -0.2) is 4.79 Å². The number of hydrogen-bond donors (Lipinski definition) is 0. The van der Waals surface area contributed by atoms with Crippen LogP contribution in [0.1, 0.15) is 45.1 Å². The van der Waals surface area contributed by atoms with Gasteiger partial charge in [-0.15, -0.1) is 0 Å². The molecule has 5 rings (SSSR count). The highest BCUT2D eigenvalue weighted by molar-refractivity contribution is 5.98. The lowest BCUT2D eigenvalue weighted by Crippen LogP contribution is -2.07. The third-order valence-electron chi connectivity index (χ3n) is 6.39. The summed E-state index contributed by atoms with van der Waals surface area (Å²) >= 11 is 0. The standard InChI is InChI=1S/C34H24F3NO2/c1-2-40-33(39)27-14-7-12-25(20-27)18-17-24-11-6-13-26(19-24)31-28(21-23-9-4-3-5-10-23)22-38-32-29(31)15-8-16-30(32)34(35,36)37/h3-16,19-20,22H,2,21H2,1H3. The van der Waals surface area contributed by atoms with Gasteiger partial charge in [0.15, 0.2) is 0 Å². The number of esters is 1. The van der Waals surface area contributed by atoms with Crippen LogP contribution in [0.4, 0.5) is 13.2 Å². The Morgan fingerprint density at radius 1 is 0.850 bits per heavy atom. The zero-order valence-electron chi connectivity index (χ0n) is 21.6. The third kappa shape index (κ3) is 5.89. The molecule has 0 bridgehead atoms. The van der Waals surface area contributed by atoms with E-state index in [9.17, 15) is 18.0 Å². The Labute approximate surface area is 230 Å². The Kier molecular flexibility index (Phi) is 7.65. The molecule has 0 aliphatic heterocycles. The number of alkyl halides is 3. The van der Waals surface area contributed by atoms with E-state index in [4.69, 9.17) is 4.74 Å². The van der Waals surface area contributed by atoms with Crippen LogP contribution in [0.25, 0.3) is 22.0 Å². The van der Waals surface area contributed by atoms with Crippen molar-refractivity contribution in [3.8, 4) is 23.0 Å². The molecule has 4 aromatic carbocycles. The van der Waals surface area contributed by atoms with Crippen LogP contribution >= 0.6 is 0 Å². The molecule has 6 heteroatoms. The molecule has 1 aromatic heterocycles. The molecule has 0 aliphatic rings. The second kappa shape index (κ2) is 11.5. The molecule has 0 saturated carbocycles. The van der Waals surface area contributed by atoms with Crippen molar-refractivity contribution in [2.75, 3.05) is 6.61 Å². The van der Waals surface area contributed by atoms with Gasteiger partial charge < -0.3 is 4.74 Å². The summed E-state index contributed by atoms with van der Waals surface area (Å²) in [4.78, 5) is 16.4. The van der Waals surface area contributed by atoms with Crippen molar-refractivity contribution in [1.82, 2.24) is 4.98 Å². The topological polar surface area (TPSA) is 39.2 Å². The monoisotopic (exact) mass is 535 g/mol. The lowest BCUT2D eigenvalue weighted by atomic mass is 9.91. The zero-order chi connectivity index (χ0) is 28.1. The van der Waals surface area contributed by atoms with Crippen LogP contribution in [0.3, 0.4) is 0 Å². The lowest BCUT2D eigenvalue weighted by Gasteiger charge is -2.16. The first-order valence-corrected chi connectivity index (χ1v) is 12.7. The Morgan fingerprint density at radius 3 is 2.27 bits per heavy atom. The summed E-state index contributed by atoms with van der Waals surface area (Å²) in [5.74, 6) is 5.79. The maximum absolute atomic E-state index is 13.9. The van der Waals surface area contributed by atoms with E-state index in [0.29, 0.717) is 34.1 Å². The molecule has 0 aliphatic carbocycles. The van der Waals surface area contributed by atoms with Crippen molar-refractivity contribution in [3.05, 3.63) is 137 Å². The largest absolute Gasteiger partial charge is 0.462 e. The molecule has 1 heterocycles. The van der Waals surface area contributed by atoms with Gasteiger partial charge in [-0.05, 0) is 72.0 Å². The summed E-state index contributed by atoms with van der Waals surface area (Å²) in [5, 5.41) is 0.426. The fourth-order valence-corrected chi connectivity index (χ4v) is 4.62. The molecular formula is C34H24F3NO2. The second-order valence-corrected chi connectivity index (χ2v) is 9.15. The SMILES string of the molecule is CCOC(=O)c1cccc(C#Cc2cccc(-c3c(Cc4ccccc4)cnc4c(C(F)(F)F)cccc34)c2)c1. The van der Waals surface area contributed by atoms with Gasteiger partial charge in [0.1, 0.15) is 0 Å². The molecule has 0 spiro atoms. The van der Waals surface area contributed by atoms with Crippen LogP contribution in [-0.2, 0) is 17.3 Å². The molecule has 0 radical (unpaired) electrons. The van der Waals surface area contributed by atoms with Crippen molar-refractivity contribution in [1.29, 1.82) is 0 Å². The fourth-order valence-electron chi connectivity index (χ4n) is 4.62. The number of hydrogen-bond acceptors (Lipinski definition) is 3. The van der Waals surface area contributed by atoms with Gasteiger partial charge in [-0.1, -0.05) is 72.5 Å². The maximum atomic E-state index is 13.9. The number of nitrogens with zero attached hydrogens (tertiary/aromatic N) is 1. The highest BCUT2D eigenvalue weighted by Crippen LogP contribution is 2.39. The van der Waals surface area contributed by atoms with Crippen molar-refractivity contribution in [2.45, 2.75) is 19.5 Å². The first-order chi connectivity index (χ1) is 19.3. The van der Waals surface area contributed by atoms with Crippen LogP contribution in [0.5, 0.6) is 0 Å². The van der Waals surface area contributed by atoms with Gasteiger partial charge in [0.05, 0.1) is 23.3 Å². The molecule has 5 aromatic rings. The predicted octanol–water partition coefficient (Wildman–Crippen LogP) is 8.09. The highest BCUT2D eigenvalue weighted by Gasteiger charge is 2.33. The van der Waals surface area contributed by atoms with E-state index < -0.39 is 17.7 Å². The normalized spacial score (nSPS) is 11.1. The van der Waals surface area contributed by atoms with Crippen LogP contribution in [0.2, 0.25) is 0 Å². The number of ether oxygens (including phenoxy) is 1. The number of rotatable bonds is 5. The molecular weight excluding hydrogens is 511 g/mol. The molecule has 198 valence electrons. The summed E-state index contributed by atoms with van der Waals surface area (Å²) < 4.78 is 46.6. The Hall–Kier alpha value is -4.89. The zero-order valence-corrected chi connectivity index (χ0v) is 21.6. The molecule has 0 saturated heterocycles. The number of para-hydroxylation sites is 1. The summed E-state index contributed by atoms with van der Waals surface area (Å²) in [5.41, 5.74) is 4.14. The lowest BCUT2D eigenvalue weighted by molar-refractivity contribution is -0.136. The minimum absolute atomic E-state index is 0.0888. The first kappa shape index (κ1) is 26.7. The Balaban J connectivity index is 1.61. The minimum atomic E-state index is -4.53. The quantitative estimate of drug-likeness (QED) is 0.169. The minimum Gasteiger partial charge on any atom is -0.462 e. The van der Waals surface area contributed by atoms with E-state index in [2.05, 4.69) is 16.8 Å². The second-order valence-electron chi connectivity index (χ2n) is 9.15. The molecule has 0 amide bonds. The highest BCUT2D eigenvalue weighted by atomic mass is 19.4. The van der Waals surface area contributed by atoms with Crippen LogP contribution in [-0.4, -0.2) is 17.6 Å². The van der Waals surface area contributed by atoms with Gasteiger partial charge in [0.2, 0.25) is 0 Å². The van der Waals surface area contributed by atoms with Gasteiger partial charge in [0.25, 0.3) is 0 Å². The average Bonchev–Trinajstić information content (AvgIpc) is 2.96. The Morgan fingerprint density at radius 2 is 1.55 bits per heavy atom. The number of fused-ring (bicyclic) bond motifs is 1. The van der Waals surface area contributed by atoms with Crippen LogP contribution in [0, 0.1) is 11.8 Å². The van der Waals surface area contributed by atoms with E-state index in [0.717, 1.165) is 22.8 Å². The van der Waals surface area contributed by atoms with Gasteiger partial charge in [-0.2, -0.15) is 13.2 Å². The van der Waals surface area contributed by atoms with Gasteiger partial charge >= 0.3 is 12.1 Å². The van der Waals surface area contributed by atoms with E-state index >= 15 is 0 Å². The number of carbonyl (C=O) groups is 1. The van der Waals surface area contributed by atoms with E-state index in [1.54, 1.807) is 43.5 Å². The van der Waals surface area contributed by atoms with Gasteiger partial charge in [0, 0.05) is 22.7 Å². The number of halogens is 3. The first-order valence-electron chi connectivity index (χ1n) is 12.7. The van der Waals surface area contributed by atoms with Crippen molar-refractivity contribution in [3.63, 3.8) is 0 Å². The number of pyridine rings is 1. The summed E-state index contributed by atoms with van der Waals surface area (Å²) in [6.07, 6.45) is -2.48. The summed E-state index contributed by atoms with van der Waals surface area (Å²) in [6, 6.07) is 28.2. The fraction of sp³-hybridized carbons (Fsp3) is 0.118. The van der Waals surface area contributed by atoms with Gasteiger partial charge in [-0.3, -0.25) is 4.98 Å². The molecule has 40 heavy (non-hydrogen) atoms. The third-order valence-corrected chi connectivity index (χ3v) is 6.39. The molecule has 0 N–H and O–H groups in total. The Bertz CT molecular complexity index is 1750. The maximum Gasteiger partial charge on any atom is 0.418 e. The summed E-state index contributed by atoms with van der Waals surface area (Å²) in [7, 11) is 0. The molecule has 0 atom stereocenters. The number of carbonyl (C=O) groups excluding carboxylic acids is 1. The van der Waals surface area contributed by atoms with Crippen LogP contribution < -0.4 is 0 Å². The molecule has 0 fully saturated rings. The van der Waals surface area contributed by atoms with Crippen LogP contribution in [0.15, 0.2) is 103 Å².